The summed E-state index contributed by atoms with van der Waals surface area (Å²) in [5.74, 6) is 0.456. The Hall–Kier alpha value is -1.79. The van der Waals surface area contributed by atoms with Crippen LogP contribution in [0.5, 0.6) is 5.75 Å². The average molecular weight is 308 g/mol. The van der Waals surface area contributed by atoms with Crippen molar-refractivity contribution >= 4 is 11.6 Å². The van der Waals surface area contributed by atoms with E-state index in [-0.39, 0.29) is 24.7 Å². The van der Waals surface area contributed by atoms with E-state index in [0.717, 1.165) is 11.4 Å². The van der Waals surface area contributed by atoms with Gasteiger partial charge in [0, 0.05) is 13.2 Å². The molecule has 0 radical (unpaired) electrons. The molecule has 2 N–H and O–H groups in total. The fourth-order valence-electron chi connectivity index (χ4n) is 2.62. The fraction of sp³-hybridized carbons (Fsp3) is 0.562. The van der Waals surface area contributed by atoms with Gasteiger partial charge in [0.25, 0.3) is 0 Å². The standard InChI is InChI=1S/C16H24N2O4/c1-3-20-16(21-4-2)10-18-12(9-15(17)19)11-22-14-8-6-5-7-13(14)18/h5-8,12,16H,3-4,9-11H2,1-2H3,(H2,17,19). The van der Waals surface area contributed by atoms with Crippen LogP contribution >= 0.6 is 0 Å². The van der Waals surface area contributed by atoms with Crippen LogP contribution in [0.3, 0.4) is 0 Å². The first-order valence-electron chi connectivity index (χ1n) is 7.65. The number of rotatable bonds is 8. The molecule has 6 heteroatoms. The number of nitrogens with zero attached hydrogens (tertiary/aromatic N) is 1. The van der Waals surface area contributed by atoms with E-state index in [1.807, 2.05) is 38.1 Å². The van der Waals surface area contributed by atoms with Gasteiger partial charge in [0.1, 0.15) is 12.4 Å². The van der Waals surface area contributed by atoms with Gasteiger partial charge in [-0.2, -0.15) is 0 Å². The van der Waals surface area contributed by atoms with Gasteiger partial charge in [0.15, 0.2) is 6.29 Å². The molecule has 1 aliphatic rings. The molecule has 6 nitrogen and oxygen atoms in total. The molecule has 1 atom stereocenters. The molecule has 0 fully saturated rings. The fourth-order valence-corrected chi connectivity index (χ4v) is 2.62. The number of amides is 1. The van der Waals surface area contributed by atoms with Gasteiger partial charge in [-0.1, -0.05) is 12.1 Å². The quantitative estimate of drug-likeness (QED) is 0.737. The number of benzene rings is 1. The van der Waals surface area contributed by atoms with Crippen LogP contribution in [0.25, 0.3) is 0 Å². The van der Waals surface area contributed by atoms with E-state index >= 15 is 0 Å². The molecule has 1 aliphatic heterocycles. The summed E-state index contributed by atoms with van der Waals surface area (Å²) in [7, 11) is 0. The monoisotopic (exact) mass is 308 g/mol. The molecule has 1 heterocycles. The molecular weight excluding hydrogens is 284 g/mol. The predicted molar refractivity (Wildman–Crippen MR) is 83.9 cm³/mol. The van der Waals surface area contributed by atoms with Crippen molar-refractivity contribution in [1.29, 1.82) is 0 Å². The van der Waals surface area contributed by atoms with Crippen molar-refractivity contribution in [2.75, 3.05) is 31.3 Å². The molecule has 122 valence electrons. The summed E-state index contributed by atoms with van der Waals surface area (Å²) >= 11 is 0. The first kappa shape index (κ1) is 16.6. The molecule has 0 saturated carbocycles. The second-order valence-corrected chi connectivity index (χ2v) is 5.10. The molecule has 0 spiro atoms. The van der Waals surface area contributed by atoms with E-state index in [9.17, 15) is 4.79 Å². The number of primary amides is 1. The summed E-state index contributed by atoms with van der Waals surface area (Å²) in [5, 5.41) is 0. The molecule has 1 unspecified atom stereocenters. The van der Waals surface area contributed by atoms with Crippen LogP contribution in [-0.4, -0.2) is 44.6 Å². The van der Waals surface area contributed by atoms with Gasteiger partial charge < -0.3 is 24.8 Å². The summed E-state index contributed by atoms with van der Waals surface area (Å²) in [6, 6.07) is 7.64. The number of hydrogen-bond donors (Lipinski definition) is 1. The maximum atomic E-state index is 11.3. The average Bonchev–Trinajstić information content (AvgIpc) is 2.49. The van der Waals surface area contributed by atoms with E-state index in [0.29, 0.717) is 26.4 Å². The maximum absolute atomic E-state index is 11.3. The lowest BCUT2D eigenvalue weighted by Crippen LogP contribution is -2.49. The second-order valence-electron chi connectivity index (χ2n) is 5.10. The number of carbonyl (C=O) groups excluding carboxylic acids is 1. The molecule has 1 amide bonds. The number of anilines is 1. The predicted octanol–water partition coefficient (Wildman–Crippen LogP) is 1.53. The van der Waals surface area contributed by atoms with E-state index in [2.05, 4.69) is 4.90 Å². The number of ether oxygens (including phenoxy) is 3. The highest BCUT2D eigenvalue weighted by molar-refractivity contribution is 5.75. The Bertz CT molecular complexity index is 489. The molecule has 1 aromatic carbocycles. The highest BCUT2D eigenvalue weighted by Crippen LogP contribution is 2.34. The van der Waals surface area contributed by atoms with Gasteiger partial charge in [-0.25, -0.2) is 0 Å². The van der Waals surface area contributed by atoms with E-state index < -0.39 is 0 Å². The van der Waals surface area contributed by atoms with Crippen molar-refractivity contribution in [3.63, 3.8) is 0 Å². The number of fused-ring (bicyclic) bond motifs is 1. The van der Waals surface area contributed by atoms with Gasteiger partial charge in [-0.15, -0.1) is 0 Å². The molecule has 1 aromatic rings. The summed E-state index contributed by atoms with van der Waals surface area (Å²) in [6.07, 6.45) is -0.115. The van der Waals surface area contributed by atoms with Crippen molar-refractivity contribution in [2.45, 2.75) is 32.6 Å². The van der Waals surface area contributed by atoms with Crippen molar-refractivity contribution in [3.05, 3.63) is 24.3 Å². The molecule has 0 aromatic heterocycles. The smallest absolute Gasteiger partial charge is 0.219 e. The van der Waals surface area contributed by atoms with Crippen LogP contribution in [-0.2, 0) is 14.3 Å². The summed E-state index contributed by atoms with van der Waals surface area (Å²) in [6.45, 7) is 5.94. The van der Waals surface area contributed by atoms with Crippen LogP contribution < -0.4 is 15.4 Å². The minimum absolute atomic E-state index is 0.115. The summed E-state index contributed by atoms with van der Waals surface area (Å²) in [4.78, 5) is 13.4. The Balaban J connectivity index is 2.21. The first-order valence-corrected chi connectivity index (χ1v) is 7.65. The molecule has 0 saturated heterocycles. The van der Waals surface area contributed by atoms with Crippen LogP contribution in [0.15, 0.2) is 24.3 Å². The second kappa shape index (κ2) is 8.00. The molecule has 0 aliphatic carbocycles. The third-order valence-electron chi connectivity index (χ3n) is 3.53. The zero-order valence-electron chi connectivity index (χ0n) is 13.2. The van der Waals surface area contributed by atoms with Gasteiger partial charge in [0.05, 0.1) is 24.7 Å². The third-order valence-corrected chi connectivity index (χ3v) is 3.53. The molecule has 22 heavy (non-hydrogen) atoms. The minimum Gasteiger partial charge on any atom is -0.489 e. The molecule has 2 rings (SSSR count). The van der Waals surface area contributed by atoms with E-state index in [1.165, 1.54) is 0 Å². The molecule has 0 bridgehead atoms. The van der Waals surface area contributed by atoms with Gasteiger partial charge in [-0.05, 0) is 26.0 Å². The van der Waals surface area contributed by atoms with Gasteiger partial charge >= 0.3 is 0 Å². The van der Waals surface area contributed by atoms with Crippen molar-refractivity contribution in [1.82, 2.24) is 0 Å². The Labute approximate surface area is 131 Å². The third kappa shape index (κ3) is 4.11. The largest absolute Gasteiger partial charge is 0.489 e. The lowest BCUT2D eigenvalue weighted by Gasteiger charge is -2.39. The van der Waals surface area contributed by atoms with Crippen LogP contribution in [0.1, 0.15) is 20.3 Å². The van der Waals surface area contributed by atoms with Gasteiger partial charge in [0.2, 0.25) is 5.91 Å². The highest BCUT2D eigenvalue weighted by Gasteiger charge is 2.30. The number of carbonyl (C=O) groups is 1. The van der Waals surface area contributed by atoms with Crippen molar-refractivity contribution in [3.8, 4) is 5.75 Å². The Morgan fingerprint density at radius 1 is 1.36 bits per heavy atom. The van der Waals surface area contributed by atoms with Crippen LogP contribution in [0.2, 0.25) is 0 Å². The van der Waals surface area contributed by atoms with Gasteiger partial charge in [-0.3, -0.25) is 4.79 Å². The number of hydrogen-bond acceptors (Lipinski definition) is 5. The van der Waals surface area contributed by atoms with E-state index in [1.54, 1.807) is 0 Å². The Morgan fingerprint density at radius 2 is 2.05 bits per heavy atom. The molecular formula is C16H24N2O4. The maximum Gasteiger partial charge on any atom is 0.219 e. The van der Waals surface area contributed by atoms with Crippen LogP contribution in [0, 0.1) is 0 Å². The summed E-state index contributed by atoms with van der Waals surface area (Å²) < 4.78 is 17.0. The van der Waals surface area contributed by atoms with Crippen molar-refractivity contribution in [2.24, 2.45) is 5.73 Å². The van der Waals surface area contributed by atoms with E-state index in [4.69, 9.17) is 19.9 Å². The zero-order chi connectivity index (χ0) is 15.9. The lowest BCUT2D eigenvalue weighted by molar-refractivity contribution is -0.131. The SMILES string of the molecule is CCOC(CN1c2ccccc2OCC1CC(N)=O)OCC. The Morgan fingerprint density at radius 3 is 2.68 bits per heavy atom. The zero-order valence-corrected chi connectivity index (χ0v) is 13.2. The Kier molecular flexibility index (Phi) is 6.03. The number of nitrogens with two attached hydrogens (primary N) is 1. The minimum atomic E-state index is -0.350. The topological polar surface area (TPSA) is 74.0 Å². The van der Waals surface area contributed by atoms with Crippen molar-refractivity contribution < 1.29 is 19.0 Å². The normalized spacial score (nSPS) is 17.2. The number of para-hydroxylation sites is 2. The first-order chi connectivity index (χ1) is 10.7. The lowest BCUT2D eigenvalue weighted by atomic mass is 10.1. The highest BCUT2D eigenvalue weighted by atomic mass is 16.7. The van der Waals surface area contributed by atoms with Crippen LogP contribution in [0.4, 0.5) is 5.69 Å². The summed E-state index contributed by atoms with van der Waals surface area (Å²) in [5.41, 5.74) is 6.30.